The number of ether oxygens (including phenoxy) is 1. The Kier molecular flexibility index (Phi) is 2.67. The van der Waals surface area contributed by atoms with Crippen LogP contribution in [-0.4, -0.2) is 17.3 Å². The molecule has 0 spiro atoms. The fourth-order valence-electron chi connectivity index (χ4n) is 2.17. The topological polar surface area (TPSA) is 63.9 Å². The molecule has 0 bridgehead atoms. The second-order valence-corrected chi connectivity index (χ2v) is 4.96. The first kappa shape index (κ1) is 11.4. The van der Waals surface area contributed by atoms with Gasteiger partial charge >= 0.3 is 0 Å². The summed E-state index contributed by atoms with van der Waals surface area (Å²) in [5.41, 5.74) is 8.51. The zero-order chi connectivity index (χ0) is 12.7. The molecule has 1 aliphatic carbocycles. The standard InChI is InChI=1S/C13H14ClN3O/c1-18-11-5-8(10-6-12(15)17-16-10)4-9(14)13(11)7-2-3-7/h4-7H,2-3H2,1H3,(H3,15,16,17). The summed E-state index contributed by atoms with van der Waals surface area (Å²) in [7, 11) is 1.67. The number of hydrogen-bond donors (Lipinski definition) is 2. The Morgan fingerprint density at radius 2 is 2.17 bits per heavy atom. The van der Waals surface area contributed by atoms with Crippen LogP contribution in [-0.2, 0) is 0 Å². The molecule has 1 fully saturated rings. The summed E-state index contributed by atoms with van der Waals surface area (Å²) in [4.78, 5) is 0. The first-order valence-corrected chi connectivity index (χ1v) is 6.25. The summed E-state index contributed by atoms with van der Waals surface area (Å²) in [6, 6.07) is 5.69. The van der Waals surface area contributed by atoms with Crippen molar-refractivity contribution in [1.29, 1.82) is 0 Å². The van der Waals surface area contributed by atoms with Crippen LogP contribution in [0.4, 0.5) is 5.82 Å². The molecule has 5 heteroatoms. The van der Waals surface area contributed by atoms with E-state index in [1.807, 2.05) is 12.1 Å². The maximum Gasteiger partial charge on any atom is 0.145 e. The van der Waals surface area contributed by atoms with Gasteiger partial charge in [-0.3, -0.25) is 5.10 Å². The van der Waals surface area contributed by atoms with E-state index in [-0.39, 0.29) is 0 Å². The van der Waals surface area contributed by atoms with Crippen LogP contribution in [0.2, 0.25) is 5.02 Å². The Bertz CT molecular complexity index is 590. The van der Waals surface area contributed by atoms with E-state index in [1.54, 1.807) is 13.2 Å². The molecule has 1 aliphatic rings. The average Bonchev–Trinajstić information content (AvgIpc) is 3.09. The third-order valence-electron chi connectivity index (χ3n) is 3.21. The quantitative estimate of drug-likeness (QED) is 0.894. The molecule has 2 aromatic rings. The number of H-pyrrole nitrogens is 1. The van der Waals surface area contributed by atoms with Crippen LogP contribution in [0.5, 0.6) is 5.75 Å². The van der Waals surface area contributed by atoms with Gasteiger partial charge in [0.25, 0.3) is 0 Å². The molecule has 0 saturated heterocycles. The van der Waals surface area contributed by atoms with E-state index in [0.717, 1.165) is 27.6 Å². The average molecular weight is 264 g/mol. The minimum absolute atomic E-state index is 0.464. The Labute approximate surface area is 110 Å². The van der Waals surface area contributed by atoms with Crippen molar-refractivity contribution in [3.05, 3.63) is 28.8 Å². The van der Waals surface area contributed by atoms with Gasteiger partial charge in [0.2, 0.25) is 0 Å². The van der Waals surface area contributed by atoms with Gasteiger partial charge in [0.05, 0.1) is 12.8 Å². The fraction of sp³-hybridized carbons (Fsp3) is 0.308. The lowest BCUT2D eigenvalue weighted by molar-refractivity contribution is 0.410. The zero-order valence-electron chi connectivity index (χ0n) is 10.0. The lowest BCUT2D eigenvalue weighted by Gasteiger charge is -2.11. The Morgan fingerprint density at radius 3 is 2.72 bits per heavy atom. The van der Waals surface area contributed by atoms with Gasteiger partial charge in [0.15, 0.2) is 0 Å². The van der Waals surface area contributed by atoms with Crippen molar-refractivity contribution in [3.63, 3.8) is 0 Å². The largest absolute Gasteiger partial charge is 0.496 e. The Balaban J connectivity index is 2.09. The normalized spacial score (nSPS) is 14.8. The van der Waals surface area contributed by atoms with E-state index >= 15 is 0 Å². The monoisotopic (exact) mass is 263 g/mol. The Morgan fingerprint density at radius 1 is 1.39 bits per heavy atom. The molecule has 18 heavy (non-hydrogen) atoms. The van der Waals surface area contributed by atoms with Crippen LogP contribution >= 0.6 is 11.6 Å². The number of halogens is 1. The van der Waals surface area contributed by atoms with Gasteiger partial charge in [0.1, 0.15) is 11.6 Å². The molecule has 0 atom stereocenters. The van der Waals surface area contributed by atoms with E-state index in [0.29, 0.717) is 11.7 Å². The summed E-state index contributed by atoms with van der Waals surface area (Å²) in [6.45, 7) is 0. The molecule has 1 aromatic carbocycles. The molecule has 3 N–H and O–H groups in total. The van der Waals surface area contributed by atoms with Gasteiger partial charge in [-0.15, -0.1) is 0 Å². The van der Waals surface area contributed by atoms with Crippen LogP contribution in [0, 0.1) is 0 Å². The zero-order valence-corrected chi connectivity index (χ0v) is 10.8. The van der Waals surface area contributed by atoms with Crippen molar-refractivity contribution in [2.45, 2.75) is 18.8 Å². The molecule has 3 rings (SSSR count). The molecule has 94 valence electrons. The lowest BCUT2D eigenvalue weighted by Crippen LogP contribution is -1.93. The number of rotatable bonds is 3. The van der Waals surface area contributed by atoms with Crippen molar-refractivity contribution in [2.24, 2.45) is 0 Å². The van der Waals surface area contributed by atoms with E-state index < -0.39 is 0 Å². The molecule has 0 amide bonds. The number of nitrogens with one attached hydrogen (secondary N) is 1. The van der Waals surface area contributed by atoms with Gasteiger partial charge in [-0.2, -0.15) is 5.10 Å². The molecular weight excluding hydrogens is 250 g/mol. The maximum absolute atomic E-state index is 6.36. The smallest absolute Gasteiger partial charge is 0.145 e. The molecule has 1 heterocycles. The van der Waals surface area contributed by atoms with Crippen molar-refractivity contribution in [1.82, 2.24) is 10.2 Å². The fourth-order valence-corrected chi connectivity index (χ4v) is 2.54. The second kappa shape index (κ2) is 4.21. The van der Waals surface area contributed by atoms with Crippen LogP contribution in [0.15, 0.2) is 18.2 Å². The molecule has 4 nitrogen and oxygen atoms in total. The second-order valence-electron chi connectivity index (χ2n) is 4.55. The van der Waals surface area contributed by atoms with Crippen molar-refractivity contribution in [2.75, 3.05) is 12.8 Å². The van der Waals surface area contributed by atoms with Gasteiger partial charge < -0.3 is 10.5 Å². The molecule has 1 saturated carbocycles. The number of aromatic amines is 1. The Hall–Kier alpha value is -1.68. The minimum atomic E-state index is 0.464. The predicted molar refractivity (Wildman–Crippen MR) is 72.0 cm³/mol. The third kappa shape index (κ3) is 1.93. The summed E-state index contributed by atoms with van der Waals surface area (Å²) < 4.78 is 5.45. The first-order chi connectivity index (χ1) is 8.69. The van der Waals surface area contributed by atoms with Crippen LogP contribution in [0.25, 0.3) is 11.3 Å². The minimum Gasteiger partial charge on any atom is -0.496 e. The number of hydrogen-bond acceptors (Lipinski definition) is 3. The number of nitrogens with two attached hydrogens (primary N) is 1. The molecule has 0 aliphatic heterocycles. The highest BCUT2D eigenvalue weighted by atomic mass is 35.5. The van der Waals surface area contributed by atoms with Crippen molar-refractivity contribution in [3.8, 4) is 17.0 Å². The van der Waals surface area contributed by atoms with E-state index in [1.165, 1.54) is 12.8 Å². The number of methoxy groups -OCH3 is 1. The number of nitrogens with zero attached hydrogens (tertiary/aromatic N) is 1. The number of nitrogen functional groups attached to an aromatic ring is 1. The van der Waals surface area contributed by atoms with Crippen LogP contribution in [0.3, 0.4) is 0 Å². The summed E-state index contributed by atoms with van der Waals surface area (Å²) in [5.74, 6) is 1.85. The summed E-state index contributed by atoms with van der Waals surface area (Å²) in [5, 5.41) is 7.54. The summed E-state index contributed by atoms with van der Waals surface area (Å²) >= 11 is 6.36. The lowest BCUT2D eigenvalue weighted by atomic mass is 10.0. The van der Waals surface area contributed by atoms with Crippen LogP contribution in [0.1, 0.15) is 24.3 Å². The molecular formula is C13H14ClN3O. The first-order valence-electron chi connectivity index (χ1n) is 5.87. The van der Waals surface area contributed by atoms with Gasteiger partial charge in [-0.05, 0) is 30.9 Å². The highest BCUT2D eigenvalue weighted by molar-refractivity contribution is 6.32. The van der Waals surface area contributed by atoms with Crippen LogP contribution < -0.4 is 10.5 Å². The van der Waals surface area contributed by atoms with E-state index in [2.05, 4.69) is 10.2 Å². The molecule has 0 unspecified atom stereocenters. The predicted octanol–water partition coefficient (Wildman–Crippen LogP) is 3.20. The summed E-state index contributed by atoms with van der Waals surface area (Å²) in [6.07, 6.45) is 2.37. The van der Waals surface area contributed by atoms with E-state index in [4.69, 9.17) is 22.1 Å². The highest BCUT2D eigenvalue weighted by Crippen LogP contribution is 2.48. The third-order valence-corrected chi connectivity index (χ3v) is 3.52. The van der Waals surface area contributed by atoms with E-state index in [9.17, 15) is 0 Å². The SMILES string of the molecule is COc1cc(-c2cc(N)n[nH]2)cc(Cl)c1C1CC1. The maximum atomic E-state index is 6.36. The number of aromatic nitrogens is 2. The van der Waals surface area contributed by atoms with Gasteiger partial charge in [-0.25, -0.2) is 0 Å². The molecule has 0 radical (unpaired) electrons. The van der Waals surface area contributed by atoms with Gasteiger partial charge in [-0.1, -0.05) is 11.6 Å². The number of benzene rings is 1. The highest BCUT2D eigenvalue weighted by Gasteiger charge is 2.29. The van der Waals surface area contributed by atoms with Crippen molar-refractivity contribution >= 4 is 17.4 Å². The molecule has 1 aromatic heterocycles. The van der Waals surface area contributed by atoms with Crippen molar-refractivity contribution < 1.29 is 4.74 Å². The van der Waals surface area contributed by atoms with Gasteiger partial charge in [0, 0.05) is 22.2 Å². The number of anilines is 1.